The van der Waals surface area contributed by atoms with Gasteiger partial charge in [0, 0.05) is 37.6 Å². The molecule has 0 saturated carbocycles. The molecule has 1 aliphatic rings. The zero-order valence-corrected chi connectivity index (χ0v) is 37.7. The Labute approximate surface area is 364 Å². The monoisotopic (exact) mass is 879 g/mol. The summed E-state index contributed by atoms with van der Waals surface area (Å²) in [6, 6.07) is 7.87. The van der Waals surface area contributed by atoms with Gasteiger partial charge in [-0.25, -0.2) is 15.0 Å². The third-order valence-corrected chi connectivity index (χ3v) is 15.8. The maximum atomic E-state index is 14.1. The van der Waals surface area contributed by atoms with E-state index in [-0.39, 0.29) is 60.1 Å². The predicted octanol–water partition coefficient (Wildman–Crippen LogP) is 5.89. The molecule has 20 heteroatoms. The first kappa shape index (κ1) is 44.3. The highest BCUT2D eigenvalue weighted by Crippen LogP contribution is 2.37. The lowest BCUT2D eigenvalue weighted by Crippen LogP contribution is -2.41. The molecule has 0 saturated heterocycles. The van der Waals surface area contributed by atoms with Crippen molar-refractivity contribution in [1.82, 2.24) is 33.9 Å². The number of primary amides is 2. The molecule has 0 atom stereocenters. The molecule has 63 heavy (non-hydrogen) atoms. The van der Waals surface area contributed by atoms with Crippen LogP contribution in [0.4, 0.5) is 11.9 Å². The van der Waals surface area contributed by atoms with E-state index in [0.717, 1.165) is 0 Å². The molecular formula is C43H53N11O8Si. The van der Waals surface area contributed by atoms with Crippen LogP contribution in [0.15, 0.2) is 46.9 Å². The minimum atomic E-state index is -2.05. The van der Waals surface area contributed by atoms with Crippen molar-refractivity contribution in [3.05, 3.63) is 82.3 Å². The number of nitrogens with two attached hydrogens (primary N) is 2. The Hall–Kier alpha value is -6.80. The lowest BCUT2D eigenvalue weighted by molar-refractivity contribution is 0.0987. The van der Waals surface area contributed by atoms with E-state index in [2.05, 4.69) is 54.6 Å². The molecule has 7 rings (SSSR count). The number of anilines is 2. The third-order valence-electron chi connectivity index (χ3n) is 11.2. The number of ether oxygens (including phenoxy) is 2. The first-order valence-corrected chi connectivity index (χ1v) is 23.6. The zero-order chi connectivity index (χ0) is 45.4. The zero-order valence-electron chi connectivity index (χ0n) is 36.7. The van der Waals surface area contributed by atoms with E-state index >= 15 is 0 Å². The summed E-state index contributed by atoms with van der Waals surface area (Å²) >= 11 is 0. The number of carbonyl (C=O) groups is 4. The lowest BCUT2D eigenvalue weighted by Gasteiger charge is -2.36. The normalized spacial score (nSPS) is 14.1. The maximum absolute atomic E-state index is 14.1. The number of aromatic nitrogens is 7. The largest absolute Gasteiger partial charge is 0.491 e. The van der Waals surface area contributed by atoms with E-state index in [1.54, 1.807) is 38.9 Å². The van der Waals surface area contributed by atoms with Crippen molar-refractivity contribution in [2.45, 2.75) is 92.2 Å². The van der Waals surface area contributed by atoms with Gasteiger partial charge in [0.2, 0.25) is 29.5 Å². The second kappa shape index (κ2) is 17.5. The van der Waals surface area contributed by atoms with Crippen LogP contribution in [0.1, 0.15) is 93.2 Å². The average Bonchev–Trinajstić information content (AvgIpc) is 3.97. The number of nitrogens with one attached hydrogen (secondary N) is 2. The number of hydrogen-bond donors (Lipinski definition) is 4. The van der Waals surface area contributed by atoms with Crippen molar-refractivity contribution >= 4 is 65.9 Å². The molecular weight excluding hydrogens is 827 g/mol. The molecule has 5 heterocycles. The van der Waals surface area contributed by atoms with Gasteiger partial charge in [-0.1, -0.05) is 39.8 Å². The van der Waals surface area contributed by atoms with Crippen LogP contribution in [0.2, 0.25) is 18.1 Å². The summed E-state index contributed by atoms with van der Waals surface area (Å²) in [7, 11) is -2.05. The number of imidazole rings is 2. The molecule has 6 aromatic rings. The molecule has 1 aliphatic heterocycles. The van der Waals surface area contributed by atoms with Gasteiger partial charge in [-0.05, 0) is 61.8 Å². The van der Waals surface area contributed by atoms with Gasteiger partial charge in [-0.15, -0.1) is 0 Å². The summed E-state index contributed by atoms with van der Waals surface area (Å²) in [4.78, 5) is 66.6. The highest BCUT2D eigenvalue weighted by Gasteiger charge is 2.37. The number of carbonyl (C=O) groups excluding carboxylic acids is 4. The molecule has 19 nitrogen and oxygen atoms in total. The molecule has 0 unspecified atom stereocenters. The van der Waals surface area contributed by atoms with Gasteiger partial charge in [0.25, 0.3) is 11.8 Å². The number of allylic oxidation sites excluding steroid dienone is 2. The first-order chi connectivity index (χ1) is 29.8. The van der Waals surface area contributed by atoms with E-state index in [4.69, 9.17) is 39.8 Å². The Morgan fingerprint density at radius 3 is 1.86 bits per heavy atom. The van der Waals surface area contributed by atoms with Gasteiger partial charge >= 0.3 is 0 Å². The fraction of sp³-hybridized carbons (Fsp3) is 0.395. The number of nitrogens with zero attached hydrogens (tertiary/aromatic N) is 7. The van der Waals surface area contributed by atoms with E-state index in [9.17, 15) is 19.2 Å². The Morgan fingerprint density at radius 2 is 1.35 bits per heavy atom. The molecule has 2 aromatic carbocycles. The fourth-order valence-corrected chi connectivity index (χ4v) is 8.04. The van der Waals surface area contributed by atoms with Crippen LogP contribution in [-0.4, -0.2) is 85.6 Å². The van der Waals surface area contributed by atoms with Gasteiger partial charge < -0.3 is 38.9 Å². The SMILES string of the molecule is CCc1nc(C)oc1C(=O)Nc1nc2cc(C(N)=O)cc3c2n1C/C=C/Cn1c(NC(=O)c2cc(C)nn2CCO[Si](C)(C)C(C)(C)C)nc2cc(C(N)=O)cc(c21)OCCCO3. The smallest absolute Gasteiger partial charge is 0.295 e. The molecule has 0 spiro atoms. The van der Waals surface area contributed by atoms with E-state index in [0.29, 0.717) is 82.5 Å². The van der Waals surface area contributed by atoms with E-state index in [1.165, 1.54) is 12.1 Å². The summed E-state index contributed by atoms with van der Waals surface area (Å²) < 4.78 is 29.8. The van der Waals surface area contributed by atoms with E-state index < -0.39 is 31.9 Å². The predicted molar refractivity (Wildman–Crippen MR) is 238 cm³/mol. The van der Waals surface area contributed by atoms with Crippen molar-refractivity contribution in [2.75, 3.05) is 30.5 Å². The van der Waals surface area contributed by atoms with Crippen molar-refractivity contribution in [3.8, 4) is 11.5 Å². The maximum Gasteiger partial charge on any atom is 0.295 e. The van der Waals surface area contributed by atoms with Crippen molar-refractivity contribution < 1.29 is 37.5 Å². The first-order valence-electron chi connectivity index (χ1n) is 20.7. The standard InChI is InChI=1S/C43H53N11O8Si/c1-9-28-36(62-25(3)46-28)40(58)50-42-48-30-21-27(38(45)56)23-33-35(30)53(42)14-11-10-13-52-34-29(20-26(37(44)55)22-32(34)59-16-12-17-60-33)47-41(52)49-39(57)31-19-24(2)51-54(31)15-18-61-63(7,8)43(4,5)6/h10-11,19-23H,9,12-18H2,1-8H3,(H2,44,55)(H2,45,56)(H,47,49,57)(H,48,50,58)/b11-10+. The van der Waals surface area contributed by atoms with Crippen LogP contribution in [-0.2, 0) is 30.5 Å². The van der Waals surface area contributed by atoms with Gasteiger partial charge in [0.1, 0.15) is 28.2 Å². The average molecular weight is 880 g/mol. The molecule has 4 amide bonds. The van der Waals surface area contributed by atoms with Crippen LogP contribution in [0, 0.1) is 13.8 Å². The van der Waals surface area contributed by atoms with Crippen LogP contribution in [0.25, 0.3) is 22.1 Å². The summed E-state index contributed by atoms with van der Waals surface area (Å²) in [6.45, 7) is 17.5. The van der Waals surface area contributed by atoms with E-state index in [1.807, 2.05) is 26.0 Å². The van der Waals surface area contributed by atoms with Crippen LogP contribution < -0.4 is 31.6 Å². The molecule has 332 valence electrons. The lowest BCUT2D eigenvalue weighted by atomic mass is 10.1. The highest BCUT2D eigenvalue weighted by molar-refractivity contribution is 6.74. The number of rotatable bonds is 11. The number of oxazole rings is 1. The summed E-state index contributed by atoms with van der Waals surface area (Å²) in [5.74, 6) is -1.02. The molecule has 0 bridgehead atoms. The van der Waals surface area contributed by atoms with Crippen LogP contribution >= 0.6 is 0 Å². The Bertz CT molecular complexity index is 2790. The van der Waals surface area contributed by atoms with Crippen LogP contribution in [0.5, 0.6) is 11.5 Å². The van der Waals surface area contributed by atoms with Gasteiger partial charge in [-0.2, -0.15) is 5.10 Å². The number of aryl methyl sites for hydroxylation is 3. The highest BCUT2D eigenvalue weighted by atomic mass is 28.4. The van der Waals surface area contributed by atoms with Crippen molar-refractivity contribution in [3.63, 3.8) is 0 Å². The molecule has 0 aliphatic carbocycles. The topological polar surface area (TPSA) is 252 Å². The summed E-state index contributed by atoms with van der Waals surface area (Å²) in [5.41, 5.74) is 15.0. The van der Waals surface area contributed by atoms with Crippen molar-refractivity contribution in [1.29, 1.82) is 0 Å². The Balaban J connectivity index is 1.26. The minimum Gasteiger partial charge on any atom is -0.491 e. The molecule has 0 fully saturated rings. The molecule has 6 N–H and O–H groups in total. The Kier molecular flexibility index (Phi) is 12.3. The van der Waals surface area contributed by atoms with Gasteiger partial charge in [0.15, 0.2) is 14.2 Å². The van der Waals surface area contributed by atoms with Gasteiger partial charge in [0.05, 0.1) is 48.8 Å². The Morgan fingerprint density at radius 1 is 0.810 bits per heavy atom. The number of hydrogen-bond acceptors (Lipinski definition) is 12. The number of amides is 4. The second-order valence-electron chi connectivity index (χ2n) is 16.8. The minimum absolute atomic E-state index is 0.0158. The summed E-state index contributed by atoms with van der Waals surface area (Å²) in [5, 5.41) is 10.5. The van der Waals surface area contributed by atoms with Gasteiger partial charge in [-0.3, -0.25) is 34.5 Å². The van der Waals surface area contributed by atoms with Crippen molar-refractivity contribution in [2.24, 2.45) is 11.5 Å². The quantitative estimate of drug-likeness (QED) is 0.0878. The number of benzene rings is 2. The second-order valence-corrected chi connectivity index (χ2v) is 21.6. The summed E-state index contributed by atoms with van der Waals surface area (Å²) in [6.07, 6.45) is 4.51. The van der Waals surface area contributed by atoms with Crippen LogP contribution in [0.3, 0.4) is 0 Å². The molecule has 0 radical (unpaired) electrons. The fourth-order valence-electron chi connectivity index (χ4n) is 7.01. The molecule has 4 aromatic heterocycles. The third kappa shape index (κ3) is 9.21.